The normalized spacial score (nSPS) is 11.3. The maximum atomic E-state index is 12.8. The van der Waals surface area contributed by atoms with Gasteiger partial charge in [0.05, 0.1) is 17.8 Å². The average molecular weight is 389 g/mol. The minimum Gasteiger partial charge on any atom is -0.495 e. The topological polar surface area (TPSA) is 93.6 Å². The number of methoxy groups -OCH3 is 1. The number of carbonyl (C=O) groups is 1. The van der Waals surface area contributed by atoms with Crippen LogP contribution in [0.2, 0.25) is 0 Å². The molecule has 0 saturated carbocycles. The summed E-state index contributed by atoms with van der Waals surface area (Å²) in [5, 5.41) is 11.1. The van der Waals surface area contributed by atoms with Gasteiger partial charge in [0.2, 0.25) is 0 Å². The Balaban J connectivity index is 2.18. The highest BCUT2D eigenvalue weighted by Crippen LogP contribution is 2.38. The third kappa shape index (κ3) is 3.47. The summed E-state index contributed by atoms with van der Waals surface area (Å²) in [5.74, 6) is -1.31. The molecule has 26 heavy (non-hydrogen) atoms. The minimum absolute atomic E-state index is 0.0328. The van der Waals surface area contributed by atoms with Crippen LogP contribution in [-0.4, -0.2) is 31.0 Å². The van der Waals surface area contributed by atoms with Gasteiger partial charge < -0.3 is 9.84 Å². The zero-order chi connectivity index (χ0) is 18.7. The van der Waals surface area contributed by atoms with E-state index in [1.54, 1.807) is 29.8 Å². The fraction of sp³-hybridized carbons (Fsp3) is 0.111. The molecule has 3 rings (SSSR count). The predicted octanol–water partition coefficient (Wildman–Crippen LogP) is 3.49. The number of nitrogens with zero attached hydrogens (tertiary/aromatic N) is 1. The van der Waals surface area contributed by atoms with Crippen LogP contribution in [0.1, 0.15) is 15.9 Å². The molecule has 0 fully saturated rings. The van der Waals surface area contributed by atoms with Crippen molar-refractivity contribution >= 4 is 27.3 Å². The third-order valence-electron chi connectivity index (χ3n) is 3.85. The molecule has 0 radical (unpaired) electrons. The first-order chi connectivity index (χ1) is 12.4. The highest BCUT2D eigenvalue weighted by Gasteiger charge is 2.24. The zero-order valence-corrected chi connectivity index (χ0v) is 15.4. The minimum atomic E-state index is -3.60. The number of hydrogen-bond acceptors (Lipinski definition) is 6. The van der Waals surface area contributed by atoms with Crippen molar-refractivity contribution in [2.75, 3.05) is 7.11 Å². The van der Waals surface area contributed by atoms with Crippen molar-refractivity contribution in [2.45, 2.75) is 10.6 Å². The molecule has 0 aliphatic heterocycles. The van der Waals surface area contributed by atoms with E-state index in [0.717, 1.165) is 0 Å². The quantitative estimate of drug-likeness (QED) is 0.694. The van der Waals surface area contributed by atoms with Gasteiger partial charge in [-0.05, 0) is 35.3 Å². The Labute approximate surface area is 154 Å². The summed E-state index contributed by atoms with van der Waals surface area (Å²) in [6.45, 7) is 0. The summed E-state index contributed by atoms with van der Waals surface area (Å²) in [5.41, 5.74) is 1.47. The van der Waals surface area contributed by atoms with E-state index in [9.17, 15) is 18.3 Å². The summed E-state index contributed by atoms with van der Waals surface area (Å²) in [7, 11) is -2.24. The molecule has 0 aliphatic rings. The molecule has 1 heterocycles. The Kier molecular flexibility index (Phi) is 5.06. The first-order valence-corrected chi connectivity index (χ1v) is 10.0. The van der Waals surface area contributed by atoms with Gasteiger partial charge in [-0.2, -0.15) is 0 Å². The highest BCUT2D eigenvalue weighted by atomic mass is 32.2. The monoisotopic (exact) mass is 389 g/mol. The van der Waals surface area contributed by atoms with E-state index in [0.29, 0.717) is 16.7 Å². The third-order valence-corrected chi connectivity index (χ3v) is 6.12. The van der Waals surface area contributed by atoms with Crippen molar-refractivity contribution < 1.29 is 23.1 Å². The first kappa shape index (κ1) is 18.1. The summed E-state index contributed by atoms with van der Waals surface area (Å²) >= 11 is 1.19. The lowest BCUT2D eigenvalue weighted by atomic mass is 9.99. The molecule has 0 saturated heterocycles. The number of aromatic carboxylic acids is 1. The second-order valence-electron chi connectivity index (χ2n) is 5.47. The van der Waals surface area contributed by atoms with Crippen molar-refractivity contribution in [2.24, 2.45) is 0 Å². The molecule has 0 unspecified atom stereocenters. The molecule has 0 amide bonds. The van der Waals surface area contributed by atoms with Gasteiger partial charge in [-0.1, -0.05) is 24.3 Å². The van der Waals surface area contributed by atoms with Gasteiger partial charge in [0.25, 0.3) is 0 Å². The van der Waals surface area contributed by atoms with E-state index in [-0.39, 0.29) is 22.0 Å². The lowest BCUT2D eigenvalue weighted by Crippen LogP contribution is -2.09. The van der Waals surface area contributed by atoms with Crippen LogP contribution >= 0.6 is 11.5 Å². The Morgan fingerprint density at radius 3 is 2.50 bits per heavy atom. The van der Waals surface area contributed by atoms with Gasteiger partial charge >= 0.3 is 5.97 Å². The molecule has 3 aromatic rings. The summed E-state index contributed by atoms with van der Waals surface area (Å²) < 4.78 is 34.9. The van der Waals surface area contributed by atoms with Crippen molar-refractivity contribution in [1.82, 2.24) is 4.37 Å². The number of sulfone groups is 1. The number of aromatic nitrogens is 1. The van der Waals surface area contributed by atoms with Crippen molar-refractivity contribution in [1.29, 1.82) is 0 Å². The Morgan fingerprint density at radius 1 is 1.19 bits per heavy atom. The van der Waals surface area contributed by atoms with Crippen molar-refractivity contribution in [3.05, 3.63) is 65.2 Å². The number of ether oxygens (including phenoxy) is 1. The molecule has 0 aliphatic carbocycles. The number of hydrogen-bond donors (Lipinski definition) is 1. The summed E-state index contributed by atoms with van der Waals surface area (Å²) in [6, 6.07) is 11.0. The number of carboxylic acid groups (broad SMARTS) is 1. The Bertz CT molecular complexity index is 1030. The zero-order valence-electron chi connectivity index (χ0n) is 13.7. The number of rotatable bonds is 6. The fourth-order valence-electron chi connectivity index (χ4n) is 2.68. The lowest BCUT2D eigenvalue weighted by Gasteiger charge is -2.15. The van der Waals surface area contributed by atoms with Gasteiger partial charge in [-0.15, -0.1) is 0 Å². The van der Waals surface area contributed by atoms with Crippen molar-refractivity contribution in [3.63, 3.8) is 0 Å². The molecule has 0 atom stereocenters. The predicted molar refractivity (Wildman–Crippen MR) is 98.4 cm³/mol. The van der Waals surface area contributed by atoms with Crippen LogP contribution in [0.4, 0.5) is 0 Å². The van der Waals surface area contributed by atoms with E-state index >= 15 is 0 Å². The molecule has 8 heteroatoms. The first-order valence-electron chi connectivity index (χ1n) is 7.54. The van der Waals surface area contributed by atoms with Crippen LogP contribution in [-0.2, 0) is 15.6 Å². The van der Waals surface area contributed by atoms with Crippen LogP contribution < -0.4 is 4.74 Å². The van der Waals surface area contributed by atoms with Gasteiger partial charge in [0, 0.05) is 22.7 Å². The standard InChI is InChI=1S/C18H15NO5S2/c1-24-17-15(18(20)21)8-7-12(16(17)13-9-19-25-10-13)11-26(22,23)14-5-3-2-4-6-14/h2-10H,11H2,1H3,(H,20,21). The molecule has 1 N–H and O–H groups in total. The lowest BCUT2D eigenvalue weighted by molar-refractivity contribution is 0.0693. The maximum Gasteiger partial charge on any atom is 0.339 e. The molecular formula is C18H15NO5S2. The fourth-order valence-corrected chi connectivity index (χ4v) is 4.60. The number of carboxylic acids is 1. The smallest absolute Gasteiger partial charge is 0.339 e. The molecule has 6 nitrogen and oxygen atoms in total. The summed E-state index contributed by atoms with van der Waals surface area (Å²) in [6.07, 6.45) is 1.56. The average Bonchev–Trinajstić information content (AvgIpc) is 3.15. The number of benzene rings is 2. The van der Waals surface area contributed by atoms with Crippen LogP contribution in [0.25, 0.3) is 11.1 Å². The van der Waals surface area contributed by atoms with Gasteiger partial charge in [0.15, 0.2) is 9.84 Å². The second-order valence-corrected chi connectivity index (χ2v) is 8.12. The van der Waals surface area contributed by atoms with E-state index in [2.05, 4.69) is 4.37 Å². The molecular weight excluding hydrogens is 374 g/mol. The maximum absolute atomic E-state index is 12.8. The second kappa shape index (κ2) is 7.27. The molecule has 134 valence electrons. The van der Waals surface area contributed by atoms with Crippen LogP contribution in [0.5, 0.6) is 5.75 Å². The van der Waals surface area contributed by atoms with E-state index in [1.807, 2.05) is 0 Å². The van der Waals surface area contributed by atoms with Crippen molar-refractivity contribution in [3.8, 4) is 16.9 Å². The Hall–Kier alpha value is -2.71. The SMILES string of the molecule is COc1c(C(=O)O)ccc(CS(=O)(=O)c2ccccc2)c1-c1cnsc1. The van der Waals surface area contributed by atoms with E-state index in [1.165, 1.54) is 42.9 Å². The van der Waals surface area contributed by atoms with E-state index in [4.69, 9.17) is 4.74 Å². The molecule has 0 spiro atoms. The van der Waals surface area contributed by atoms with Crippen LogP contribution in [0.15, 0.2) is 58.9 Å². The van der Waals surface area contributed by atoms with Crippen LogP contribution in [0, 0.1) is 0 Å². The summed E-state index contributed by atoms with van der Waals surface area (Å²) in [4.78, 5) is 11.7. The van der Waals surface area contributed by atoms with E-state index < -0.39 is 15.8 Å². The molecule has 2 aromatic carbocycles. The largest absolute Gasteiger partial charge is 0.495 e. The molecule has 0 bridgehead atoms. The molecule has 1 aromatic heterocycles. The van der Waals surface area contributed by atoms with Gasteiger partial charge in [-0.25, -0.2) is 17.6 Å². The van der Waals surface area contributed by atoms with Gasteiger partial charge in [0.1, 0.15) is 11.3 Å². The highest BCUT2D eigenvalue weighted by molar-refractivity contribution is 7.90. The Morgan fingerprint density at radius 2 is 1.92 bits per heavy atom. The van der Waals surface area contributed by atoms with Crippen LogP contribution in [0.3, 0.4) is 0 Å². The van der Waals surface area contributed by atoms with Gasteiger partial charge in [-0.3, -0.25) is 0 Å².